The fraction of sp³-hybridized carbons (Fsp3) is 0.412. The average molecular weight is 332 g/mol. The van der Waals surface area contributed by atoms with Gasteiger partial charge in [0.05, 0.1) is 17.9 Å². The average Bonchev–Trinajstić information content (AvgIpc) is 3.03. The van der Waals surface area contributed by atoms with E-state index < -0.39 is 6.04 Å². The van der Waals surface area contributed by atoms with Gasteiger partial charge in [-0.3, -0.25) is 4.79 Å². The molecule has 0 aliphatic carbocycles. The molecule has 0 spiro atoms. The highest BCUT2D eigenvalue weighted by molar-refractivity contribution is 8.00. The molecule has 0 bridgehead atoms. The molecule has 5 nitrogen and oxygen atoms in total. The molecule has 0 aliphatic rings. The van der Waals surface area contributed by atoms with E-state index >= 15 is 0 Å². The number of carbonyl (C=O) groups excluding carboxylic acids is 1. The number of hydrogen-bond acceptors (Lipinski definition) is 4. The van der Waals surface area contributed by atoms with Crippen LogP contribution in [0.1, 0.15) is 19.4 Å². The van der Waals surface area contributed by atoms with Crippen molar-refractivity contribution in [2.24, 2.45) is 5.73 Å². The summed E-state index contributed by atoms with van der Waals surface area (Å²) in [5, 5.41) is 7.25. The van der Waals surface area contributed by atoms with Gasteiger partial charge >= 0.3 is 0 Å². The van der Waals surface area contributed by atoms with E-state index in [-0.39, 0.29) is 10.7 Å². The van der Waals surface area contributed by atoms with Crippen LogP contribution in [-0.4, -0.2) is 39.3 Å². The van der Waals surface area contributed by atoms with E-state index in [4.69, 9.17) is 5.73 Å². The molecule has 0 radical (unpaired) electrons. The summed E-state index contributed by atoms with van der Waals surface area (Å²) < 4.78 is 1.56. The van der Waals surface area contributed by atoms with E-state index in [0.717, 1.165) is 17.7 Å². The van der Waals surface area contributed by atoms with E-state index in [0.29, 0.717) is 6.54 Å². The van der Waals surface area contributed by atoms with E-state index in [1.165, 1.54) is 0 Å². The van der Waals surface area contributed by atoms with Crippen LogP contribution in [0, 0.1) is 0 Å². The maximum atomic E-state index is 12.1. The summed E-state index contributed by atoms with van der Waals surface area (Å²) in [5.74, 6) is -0.111. The van der Waals surface area contributed by atoms with Gasteiger partial charge in [-0.1, -0.05) is 18.2 Å². The molecule has 124 valence electrons. The Morgan fingerprint density at radius 2 is 2.09 bits per heavy atom. The lowest BCUT2D eigenvalue weighted by molar-refractivity contribution is -0.122. The number of carbonyl (C=O) groups is 1. The number of hydrogen-bond donors (Lipinski definition) is 2. The van der Waals surface area contributed by atoms with E-state index in [1.54, 1.807) is 11.8 Å². The van der Waals surface area contributed by atoms with Gasteiger partial charge in [-0.15, -0.1) is 0 Å². The van der Waals surface area contributed by atoms with Gasteiger partial charge < -0.3 is 11.1 Å². The molecule has 23 heavy (non-hydrogen) atoms. The molecule has 0 aliphatic heterocycles. The Morgan fingerprint density at radius 1 is 1.39 bits per heavy atom. The largest absolute Gasteiger partial charge is 0.354 e. The minimum Gasteiger partial charge on any atom is -0.354 e. The molecule has 2 aromatic rings. The van der Waals surface area contributed by atoms with Crippen LogP contribution in [0.5, 0.6) is 0 Å². The van der Waals surface area contributed by atoms with Crippen LogP contribution in [0.2, 0.25) is 0 Å². The van der Waals surface area contributed by atoms with Crippen molar-refractivity contribution in [3.63, 3.8) is 0 Å². The lowest BCUT2D eigenvalue weighted by Gasteiger charge is -2.28. The van der Waals surface area contributed by atoms with E-state index in [9.17, 15) is 4.79 Å². The van der Waals surface area contributed by atoms with Crippen molar-refractivity contribution in [3.8, 4) is 5.69 Å². The SMILES string of the molecule is CSC(C)(C)[C@H](N)C(=O)NCCc1cnn(-c2ccccc2)c1. The lowest BCUT2D eigenvalue weighted by atomic mass is 10.0. The van der Waals surface area contributed by atoms with Gasteiger partial charge in [0.2, 0.25) is 5.91 Å². The standard InChI is InChI=1S/C17H24N4OS/c1-17(2,23-3)15(18)16(22)19-10-9-13-11-20-21(12-13)14-7-5-4-6-8-14/h4-8,11-12,15H,9-10,18H2,1-3H3,(H,19,22)/t15-/m1/s1. The number of nitrogens with zero attached hydrogens (tertiary/aromatic N) is 2. The number of benzene rings is 1. The van der Waals surface area contributed by atoms with E-state index in [2.05, 4.69) is 10.4 Å². The maximum Gasteiger partial charge on any atom is 0.238 e. The number of rotatable bonds is 7. The Bertz CT molecular complexity index is 639. The van der Waals surface area contributed by atoms with Crippen molar-refractivity contribution >= 4 is 17.7 Å². The number of nitrogens with one attached hydrogen (secondary N) is 1. The molecule has 1 aromatic carbocycles. The summed E-state index contributed by atoms with van der Waals surface area (Å²) >= 11 is 1.60. The van der Waals surface area contributed by atoms with Crippen LogP contribution in [0.15, 0.2) is 42.7 Å². The number of nitrogens with two attached hydrogens (primary N) is 1. The summed E-state index contributed by atoms with van der Waals surface area (Å²) in [6, 6.07) is 9.41. The summed E-state index contributed by atoms with van der Waals surface area (Å²) in [7, 11) is 0. The second-order valence-corrected chi connectivity index (χ2v) is 7.42. The molecule has 0 unspecified atom stereocenters. The molecular weight excluding hydrogens is 308 g/mol. The van der Waals surface area contributed by atoms with Crippen molar-refractivity contribution in [1.29, 1.82) is 0 Å². The highest BCUT2D eigenvalue weighted by Crippen LogP contribution is 2.24. The highest BCUT2D eigenvalue weighted by atomic mass is 32.2. The highest BCUT2D eigenvalue weighted by Gasteiger charge is 2.30. The third-order valence-corrected chi connectivity index (χ3v) is 5.23. The first-order valence-corrected chi connectivity index (χ1v) is 8.84. The zero-order valence-corrected chi connectivity index (χ0v) is 14.6. The van der Waals surface area contributed by atoms with Gasteiger partial charge in [-0.25, -0.2) is 4.68 Å². The minimum atomic E-state index is -0.524. The predicted molar refractivity (Wildman–Crippen MR) is 95.8 cm³/mol. The molecule has 1 heterocycles. The normalized spacial score (nSPS) is 12.9. The number of thioether (sulfide) groups is 1. The zero-order chi connectivity index (χ0) is 16.9. The third kappa shape index (κ3) is 4.59. The summed E-state index contributed by atoms with van der Waals surface area (Å²) in [6.07, 6.45) is 6.49. The van der Waals surface area contributed by atoms with Gasteiger partial charge in [-0.2, -0.15) is 16.9 Å². The summed E-state index contributed by atoms with van der Waals surface area (Å²) in [4.78, 5) is 12.1. The van der Waals surface area contributed by atoms with Gasteiger partial charge in [0, 0.05) is 17.5 Å². The molecule has 3 N–H and O–H groups in total. The Labute approximate surface area is 141 Å². The minimum absolute atomic E-state index is 0.111. The molecule has 1 amide bonds. The number of aromatic nitrogens is 2. The van der Waals surface area contributed by atoms with Gasteiger partial charge in [0.25, 0.3) is 0 Å². The molecule has 0 saturated heterocycles. The summed E-state index contributed by atoms with van der Waals surface area (Å²) in [6.45, 7) is 4.51. The van der Waals surface area contributed by atoms with Crippen LogP contribution in [0.3, 0.4) is 0 Å². The first-order chi connectivity index (χ1) is 10.9. The molecule has 0 fully saturated rings. The second kappa shape index (κ2) is 7.66. The lowest BCUT2D eigenvalue weighted by Crippen LogP contribution is -2.52. The predicted octanol–water partition coefficient (Wildman–Crippen LogP) is 2.00. The Morgan fingerprint density at radius 3 is 2.74 bits per heavy atom. The van der Waals surface area contributed by atoms with Crippen molar-refractivity contribution < 1.29 is 4.79 Å². The Balaban J connectivity index is 1.86. The number of amides is 1. The number of para-hydroxylation sites is 1. The smallest absolute Gasteiger partial charge is 0.238 e. The first-order valence-electron chi connectivity index (χ1n) is 7.61. The third-order valence-electron chi connectivity index (χ3n) is 3.93. The van der Waals surface area contributed by atoms with Crippen LogP contribution in [0.25, 0.3) is 5.69 Å². The van der Waals surface area contributed by atoms with Crippen molar-refractivity contribution in [2.75, 3.05) is 12.8 Å². The fourth-order valence-corrected chi connectivity index (χ4v) is 2.45. The first kappa shape index (κ1) is 17.6. The van der Waals surface area contributed by atoms with Crippen LogP contribution >= 0.6 is 11.8 Å². The van der Waals surface area contributed by atoms with Crippen LogP contribution in [-0.2, 0) is 11.2 Å². The molecular formula is C17H24N4OS. The Hall–Kier alpha value is -1.79. The van der Waals surface area contributed by atoms with Gasteiger partial charge in [0.15, 0.2) is 0 Å². The molecule has 6 heteroatoms. The Kier molecular flexibility index (Phi) is 5.85. The molecule has 1 atom stereocenters. The monoisotopic (exact) mass is 332 g/mol. The van der Waals surface area contributed by atoms with Crippen molar-refractivity contribution in [3.05, 3.63) is 48.3 Å². The van der Waals surface area contributed by atoms with Crippen LogP contribution < -0.4 is 11.1 Å². The molecule has 2 rings (SSSR count). The summed E-state index contributed by atoms with van der Waals surface area (Å²) in [5.41, 5.74) is 8.11. The van der Waals surface area contributed by atoms with E-state index in [1.807, 2.05) is 67.5 Å². The van der Waals surface area contributed by atoms with Gasteiger partial charge in [0.1, 0.15) is 0 Å². The van der Waals surface area contributed by atoms with Crippen molar-refractivity contribution in [2.45, 2.75) is 31.1 Å². The zero-order valence-electron chi connectivity index (χ0n) is 13.8. The topological polar surface area (TPSA) is 72.9 Å². The van der Waals surface area contributed by atoms with Crippen LogP contribution in [0.4, 0.5) is 0 Å². The quantitative estimate of drug-likeness (QED) is 0.813. The molecule has 0 saturated carbocycles. The van der Waals surface area contributed by atoms with Gasteiger partial charge in [-0.05, 0) is 44.2 Å². The fourth-order valence-electron chi connectivity index (χ4n) is 2.09. The molecule has 1 aromatic heterocycles. The van der Waals surface area contributed by atoms with Crippen molar-refractivity contribution in [1.82, 2.24) is 15.1 Å². The maximum absolute atomic E-state index is 12.1. The second-order valence-electron chi connectivity index (χ2n) is 5.95.